The Morgan fingerprint density at radius 2 is 2.24 bits per heavy atom. The van der Waals surface area contributed by atoms with Crippen LogP contribution < -0.4 is 14.8 Å². The maximum atomic E-state index is 10.6. The molecule has 0 radical (unpaired) electrons. The zero-order valence-electron chi connectivity index (χ0n) is 9.58. The van der Waals surface area contributed by atoms with Crippen LogP contribution in [0.5, 0.6) is 11.5 Å². The lowest BCUT2D eigenvalue weighted by atomic mass is 10.2. The van der Waals surface area contributed by atoms with Gasteiger partial charge in [0.2, 0.25) is 12.7 Å². The molecule has 1 aromatic rings. The van der Waals surface area contributed by atoms with Crippen LogP contribution >= 0.6 is 0 Å². The molecule has 17 heavy (non-hydrogen) atoms. The van der Waals surface area contributed by atoms with E-state index < -0.39 is 0 Å². The van der Waals surface area contributed by atoms with E-state index in [0.717, 1.165) is 17.1 Å². The molecule has 0 fully saturated rings. The number of rotatable bonds is 2. The highest BCUT2D eigenvalue weighted by Crippen LogP contribution is 2.32. The highest BCUT2D eigenvalue weighted by Gasteiger charge is 2.12. The summed E-state index contributed by atoms with van der Waals surface area (Å²) >= 11 is 0. The van der Waals surface area contributed by atoms with Gasteiger partial charge in [-0.3, -0.25) is 4.79 Å². The van der Waals surface area contributed by atoms with Crippen LogP contribution in [0, 0.1) is 11.8 Å². The van der Waals surface area contributed by atoms with Gasteiger partial charge in [0.05, 0.1) is 0 Å². The maximum Gasteiger partial charge on any atom is 0.231 e. The second-order valence-corrected chi connectivity index (χ2v) is 3.60. The first-order chi connectivity index (χ1) is 8.25. The summed E-state index contributed by atoms with van der Waals surface area (Å²) in [4.78, 5) is 10.6. The normalized spacial score (nSPS) is 11.6. The number of carbonyl (C=O) groups is 1. The molecular weight excluding hydrogens is 218 g/mol. The summed E-state index contributed by atoms with van der Waals surface area (Å²) in [6, 6.07) is 5.59. The van der Waals surface area contributed by atoms with Crippen molar-refractivity contribution in [2.24, 2.45) is 0 Å². The number of benzene rings is 1. The van der Waals surface area contributed by atoms with Crippen molar-refractivity contribution in [2.45, 2.75) is 13.3 Å². The van der Waals surface area contributed by atoms with E-state index in [1.54, 1.807) is 0 Å². The summed E-state index contributed by atoms with van der Waals surface area (Å²) < 4.78 is 10.5. The molecule has 0 aromatic heterocycles. The van der Waals surface area contributed by atoms with Gasteiger partial charge < -0.3 is 14.8 Å². The van der Waals surface area contributed by atoms with E-state index in [2.05, 4.69) is 17.2 Å². The summed E-state index contributed by atoms with van der Waals surface area (Å²) in [5.74, 6) is 7.46. The number of amides is 1. The molecular formula is C13H13NO3. The molecule has 4 heteroatoms. The molecule has 1 aromatic carbocycles. The first kappa shape index (κ1) is 11.3. The summed E-state index contributed by atoms with van der Waals surface area (Å²) in [7, 11) is 0. The molecule has 1 N–H and O–H groups in total. The quantitative estimate of drug-likeness (QED) is 0.616. The van der Waals surface area contributed by atoms with Gasteiger partial charge in [-0.15, -0.1) is 0 Å². The van der Waals surface area contributed by atoms with Gasteiger partial charge in [-0.1, -0.05) is 11.8 Å². The number of hydrogen-bond acceptors (Lipinski definition) is 3. The zero-order valence-corrected chi connectivity index (χ0v) is 9.58. The van der Waals surface area contributed by atoms with E-state index in [4.69, 9.17) is 9.47 Å². The molecule has 0 saturated carbocycles. The Hall–Kier alpha value is -2.15. The summed E-state index contributed by atoms with van der Waals surface area (Å²) in [6.45, 7) is 2.34. The Kier molecular flexibility index (Phi) is 3.51. The van der Waals surface area contributed by atoms with Gasteiger partial charge in [-0.25, -0.2) is 0 Å². The van der Waals surface area contributed by atoms with Crippen LogP contribution in [0.4, 0.5) is 0 Å². The lowest BCUT2D eigenvalue weighted by molar-refractivity contribution is -0.118. The molecule has 1 amide bonds. The van der Waals surface area contributed by atoms with E-state index >= 15 is 0 Å². The molecule has 0 bridgehead atoms. The van der Waals surface area contributed by atoms with Crippen molar-refractivity contribution in [3.05, 3.63) is 23.8 Å². The summed E-state index contributed by atoms with van der Waals surface area (Å²) in [6.07, 6.45) is 0.633. The highest BCUT2D eigenvalue weighted by molar-refractivity contribution is 5.72. The van der Waals surface area contributed by atoms with Crippen LogP contribution in [0.2, 0.25) is 0 Å². The third-order valence-corrected chi connectivity index (χ3v) is 2.23. The first-order valence-electron chi connectivity index (χ1n) is 5.38. The summed E-state index contributed by atoms with van der Waals surface area (Å²) in [5.41, 5.74) is 0.886. The Morgan fingerprint density at radius 3 is 3.06 bits per heavy atom. The number of carbonyl (C=O) groups excluding carboxylic acids is 1. The average Bonchev–Trinajstić information content (AvgIpc) is 2.75. The second kappa shape index (κ2) is 5.26. The molecule has 0 saturated heterocycles. The SMILES string of the molecule is CC(=O)NCCC#Cc1ccc2c(c1)OCO2. The van der Waals surface area contributed by atoms with Crippen LogP contribution in [0.3, 0.4) is 0 Å². The Morgan fingerprint density at radius 1 is 1.41 bits per heavy atom. The third-order valence-electron chi connectivity index (χ3n) is 2.23. The molecule has 4 nitrogen and oxygen atoms in total. The molecule has 1 heterocycles. The van der Waals surface area contributed by atoms with Crippen molar-refractivity contribution in [1.29, 1.82) is 0 Å². The number of hydrogen-bond donors (Lipinski definition) is 1. The van der Waals surface area contributed by atoms with Gasteiger partial charge in [0.25, 0.3) is 0 Å². The standard InChI is InChI=1S/C13H13NO3/c1-10(15)14-7-3-2-4-11-5-6-12-13(8-11)17-9-16-12/h5-6,8H,3,7,9H2,1H3,(H,14,15). The van der Waals surface area contributed by atoms with E-state index in [-0.39, 0.29) is 12.7 Å². The average molecular weight is 231 g/mol. The molecule has 2 rings (SSSR count). The first-order valence-corrected chi connectivity index (χ1v) is 5.38. The fraction of sp³-hybridized carbons (Fsp3) is 0.308. The van der Waals surface area contributed by atoms with Crippen LogP contribution in [0.1, 0.15) is 18.9 Å². The monoisotopic (exact) mass is 231 g/mol. The predicted molar refractivity (Wildman–Crippen MR) is 62.7 cm³/mol. The van der Waals surface area contributed by atoms with Crippen molar-refractivity contribution in [3.63, 3.8) is 0 Å². The Bertz CT molecular complexity index is 485. The van der Waals surface area contributed by atoms with E-state index in [1.807, 2.05) is 18.2 Å². The minimum Gasteiger partial charge on any atom is -0.454 e. The van der Waals surface area contributed by atoms with Crippen molar-refractivity contribution < 1.29 is 14.3 Å². The predicted octanol–water partition coefficient (Wildman–Crippen LogP) is 1.29. The molecule has 0 unspecified atom stereocenters. The minimum absolute atomic E-state index is 0.0325. The van der Waals surface area contributed by atoms with Gasteiger partial charge in [0, 0.05) is 25.5 Å². The van der Waals surface area contributed by atoms with Crippen LogP contribution in [0.15, 0.2) is 18.2 Å². The van der Waals surface area contributed by atoms with Gasteiger partial charge in [-0.05, 0) is 18.2 Å². The van der Waals surface area contributed by atoms with Crippen molar-refractivity contribution >= 4 is 5.91 Å². The van der Waals surface area contributed by atoms with Gasteiger partial charge in [0.1, 0.15) is 0 Å². The second-order valence-electron chi connectivity index (χ2n) is 3.60. The van der Waals surface area contributed by atoms with E-state index in [1.165, 1.54) is 6.92 Å². The van der Waals surface area contributed by atoms with Crippen LogP contribution in [-0.4, -0.2) is 19.2 Å². The molecule has 0 atom stereocenters. The van der Waals surface area contributed by atoms with Crippen molar-refractivity contribution in [2.75, 3.05) is 13.3 Å². The lowest BCUT2D eigenvalue weighted by Crippen LogP contribution is -2.20. The van der Waals surface area contributed by atoms with Crippen LogP contribution in [0.25, 0.3) is 0 Å². The molecule has 1 aliphatic heterocycles. The molecule has 1 aliphatic rings. The topological polar surface area (TPSA) is 47.6 Å². The van der Waals surface area contributed by atoms with E-state index in [9.17, 15) is 4.79 Å². The smallest absolute Gasteiger partial charge is 0.231 e. The minimum atomic E-state index is -0.0325. The highest BCUT2D eigenvalue weighted by atomic mass is 16.7. The van der Waals surface area contributed by atoms with Gasteiger partial charge in [-0.2, -0.15) is 0 Å². The number of nitrogens with one attached hydrogen (secondary N) is 1. The fourth-order valence-electron chi connectivity index (χ4n) is 1.44. The number of ether oxygens (including phenoxy) is 2. The Balaban J connectivity index is 1.91. The van der Waals surface area contributed by atoms with Crippen LogP contribution in [-0.2, 0) is 4.79 Å². The third kappa shape index (κ3) is 3.15. The molecule has 0 spiro atoms. The fourth-order valence-corrected chi connectivity index (χ4v) is 1.44. The van der Waals surface area contributed by atoms with Gasteiger partial charge >= 0.3 is 0 Å². The zero-order chi connectivity index (χ0) is 12.1. The van der Waals surface area contributed by atoms with E-state index in [0.29, 0.717) is 13.0 Å². The lowest BCUT2D eigenvalue weighted by Gasteiger charge is -1.96. The number of fused-ring (bicyclic) bond motifs is 1. The molecule has 88 valence electrons. The summed E-state index contributed by atoms with van der Waals surface area (Å²) in [5, 5.41) is 2.69. The van der Waals surface area contributed by atoms with Crippen molar-refractivity contribution in [3.8, 4) is 23.3 Å². The maximum absolute atomic E-state index is 10.6. The van der Waals surface area contributed by atoms with Crippen molar-refractivity contribution in [1.82, 2.24) is 5.32 Å². The Labute approximate surface area is 99.9 Å². The molecule has 0 aliphatic carbocycles. The van der Waals surface area contributed by atoms with Gasteiger partial charge in [0.15, 0.2) is 11.5 Å². The largest absolute Gasteiger partial charge is 0.454 e.